The summed E-state index contributed by atoms with van der Waals surface area (Å²) in [5.41, 5.74) is 1.51. The lowest BCUT2D eigenvalue weighted by molar-refractivity contribution is -0.111. The third-order valence-corrected chi connectivity index (χ3v) is 3.38. The van der Waals surface area contributed by atoms with Crippen molar-refractivity contribution >= 4 is 35.0 Å². The molecule has 0 aromatic carbocycles. The number of aromatic amines is 1. The summed E-state index contributed by atoms with van der Waals surface area (Å²) in [5.74, 6) is -1.49. The molecule has 2 aromatic rings. The molecule has 0 aliphatic rings. The van der Waals surface area contributed by atoms with Gasteiger partial charge < -0.3 is 15.4 Å². The fourth-order valence-electron chi connectivity index (χ4n) is 1.69. The number of nitrogens with one attached hydrogen (secondary N) is 2. The molecule has 0 radical (unpaired) electrons. The minimum absolute atomic E-state index is 0.0660. The average molecular weight is 291 g/mol. The van der Waals surface area contributed by atoms with Gasteiger partial charge in [-0.05, 0) is 19.9 Å². The molecule has 0 atom stereocenters. The van der Waals surface area contributed by atoms with E-state index in [0.717, 1.165) is 5.01 Å². The number of carbonyl (C=O) groups excluding carboxylic acids is 1. The zero-order chi connectivity index (χ0) is 14.7. The number of aromatic nitrogens is 2. The number of nitrogens with zero attached hydrogens (tertiary/aromatic N) is 1. The van der Waals surface area contributed by atoms with Gasteiger partial charge in [0, 0.05) is 23.3 Å². The number of H-pyrrole nitrogens is 1. The van der Waals surface area contributed by atoms with Crippen LogP contribution in [0.2, 0.25) is 0 Å². The van der Waals surface area contributed by atoms with Gasteiger partial charge in [-0.1, -0.05) is 0 Å². The number of carbonyl (C=O) groups is 2. The molecule has 0 aliphatic heterocycles. The van der Waals surface area contributed by atoms with Gasteiger partial charge in [-0.15, -0.1) is 11.3 Å². The SMILES string of the molecule is Cc1nc(/C=C/C(=O)Nc2c[nH]c(C)c2C(=O)O)cs1. The Kier molecular flexibility index (Phi) is 3.99. The molecule has 7 heteroatoms. The van der Waals surface area contributed by atoms with Crippen molar-refractivity contribution in [2.45, 2.75) is 13.8 Å². The Labute approximate surface area is 119 Å². The van der Waals surface area contributed by atoms with Crippen LogP contribution in [0.25, 0.3) is 6.08 Å². The summed E-state index contributed by atoms with van der Waals surface area (Å²) >= 11 is 1.49. The Morgan fingerprint density at radius 3 is 2.80 bits per heavy atom. The first-order valence-corrected chi connectivity index (χ1v) is 6.68. The Balaban J connectivity index is 2.09. The van der Waals surface area contributed by atoms with E-state index in [-0.39, 0.29) is 11.3 Å². The molecular formula is C13H13N3O3S. The van der Waals surface area contributed by atoms with Gasteiger partial charge in [0.25, 0.3) is 0 Å². The lowest BCUT2D eigenvalue weighted by Crippen LogP contribution is -2.10. The van der Waals surface area contributed by atoms with Gasteiger partial charge in [0.2, 0.25) is 5.91 Å². The number of thiazole rings is 1. The molecule has 0 saturated carbocycles. The largest absolute Gasteiger partial charge is 0.478 e. The van der Waals surface area contributed by atoms with Crippen molar-refractivity contribution < 1.29 is 14.7 Å². The summed E-state index contributed by atoms with van der Waals surface area (Å²) in [7, 11) is 0. The van der Waals surface area contributed by atoms with Crippen LogP contribution in [0.5, 0.6) is 0 Å². The van der Waals surface area contributed by atoms with Gasteiger partial charge >= 0.3 is 5.97 Å². The predicted molar refractivity (Wildman–Crippen MR) is 77.0 cm³/mol. The number of aryl methyl sites for hydroxylation is 2. The summed E-state index contributed by atoms with van der Waals surface area (Å²) in [6.07, 6.45) is 4.36. The van der Waals surface area contributed by atoms with Crippen molar-refractivity contribution in [1.29, 1.82) is 0 Å². The second-order valence-corrected chi connectivity index (χ2v) is 5.18. The van der Waals surface area contributed by atoms with Crippen LogP contribution in [0, 0.1) is 13.8 Å². The first kappa shape index (κ1) is 14.0. The minimum atomic E-state index is -1.09. The number of hydrogen-bond donors (Lipinski definition) is 3. The quantitative estimate of drug-likeness (QED) is 0.754. The normalized spacial score (nSPS) is 10.9. The number of aromatic carboxylic acids is 1. The monoisotopic (exact) mass is 291 g/mol. The van der Waals surface area contributed by atoms with E-state index in [2.05, 4.69) is 15.3 Å². The molecule has 0 spiro atoms. The lowest BCUT2D eigenvalue weighted by atomic mass is 10.2. The van der Waals surface area contributed by atoms with E-state index >= 15 is 0 Å². The van der Waals surface area contributed by atoms with Crippen molar-refractivity contribution in [3.63, 3.8) is 0 Å². The second-order valence-electron chi connectivity index (χ2n) is 4.12. The van der Waals surface area contributed by atoms with Gasteiger partial charge in [-0.3, -0.25) is 4.79 Å². The second kappa shape index (κ2) is 5.70. The highest BCUT2D eigenvalue weighted by atomic mass is 32.1. The van der Waals surface area contributed by atoms with Crippen LogP contribution in [-0.4, -0.2) is 27.0 Å². The fraction of sp³-hybridized carbons (Fsp3) is 0.154. The number of carboxylic acids is 1. The molecule has 6 nitrogen and oxygen atoms in total. The highest BCUT2D eigenvalue weighted by molar-refractivity contribution is 7.09. The van der Waals surface area contributed by atoms with E-state index < -0.39 is 11.9 Å². The topological polar surface area (TPSA) is 95.1 Å². The van der Waals surface area contributed by atoms with E-state index in [1.165, 1.54) is 23.6 Å². The van der Waals surface area contributed by atoms with Gasteiger partial charge in [-0.2, -0.15) is 0 Å². The van der Waals surface area contributed by atoms with Crippen LogP contribution in [0.3, 0.4) is 0 Å². The summed E-state index contributed by atoms with van der Waals surface area (Å²) in [6, 6.07) is 0. The first-order chi connectivity index (χ1) is 9.47. The van der Waals surface area contributed by atoms with Gasteiger partial charge in [0.15, 0.2) is 0 Å². The van der Waals surface area contributed by atoms with Crippen LogP contribution in [-0.2, 0) is 4.79 Å². The van der Waals surface area contributed by atoms with E-state index in [0.29, 0.717) is 11.4 Å². The summed E-state index contributed by atoms with van der Waals surface area (Å²) in [5, 5.41) is 14.3. The minimum Gasteiger partial charge on any atom is -0.478 e. The zero-order valence-electron chi connectivity index (χ0n) is 10.9. The molecule has 3 N–H and O–H groups in total. The van der Waals surface area contributed by atoms with Crippen molar-refractivity contribution in [2.24, 2.45) is 0 Å². The molecular weight excluding hydrogens is 278 g/mol. The standard InChI is InChI=1S/C13H13N3O3S/c1-7-12(13(18)19)10(5-14-7)16-11(17)4-3-9-6-20-8(2)15-9/h3-6,14H,1-2H3,(H,16,17)(H,18,19)/b4-3+. The number of rotatable bonds is 4. The maximum atomic E-state index is 11.7. The molecule has 2 rings (SSSR count). The smallest absolute Gasteiger partial charge is 0.339 e. The number of anilines is 1. The fourth-order valence-corrected chi connectivity index (χ4v) is 2.27. The van der Waals surface area contributed by atoms with E-state index in [9.17, 15) is 9.59 Å². The first-order valence-electron chi connectivity index (χ1n) is 5.80. The molecule has 2 heterocycles. The maximum absolute atomic E-state index is 11.7. The Morgan fingerprint density at radius 2 is 2.20 bits per heavy atom. The predicted octanol–water partition coefficient (Wildman–Crippen LogP) is 2.44. The summed E-state index contributed by atoms with van der Waals surface area (Å²) < 4.78 is 0. The molecule has 2 aromatic heterocycles. The molecule has 0 aliphatic carbocycles. The maximum Gasteiger partial charge on any atom is 0.339 e. The van der Waals surface area contributed by atoms with Crippen molar-refractivity contribution in [2.75, 3.05) is 5.32 Å². The van der Waals surface area contributed by atoms with Crippen molar-refractivity contribution in [1.82, 2.24) is 9.97 Å². The highest BCUT2D eigenvalue weighted by Crippen LogP contribution is 2.19. The molecule has 0 unspecified atom stereocenters. The lowest BCUT2D eigenvalue weighted by Gasteiger charge is -2.01. The van der Waals surface area contributed by atoms with Crippen molar-refractivity contribution in [3.05, 3.63) is 39.6 Å². The molecule has 104 valence electrons. The van der Waals surface area contributed by atoms with E-state index in [4.69, 9.17) is 5.11 Å². The molecule has 0 bridgehead atoms. The Bertz CT molecular complexity index is 685. The molecule has 1 amide bonds. The van der Waals surface area contributed by atoms with E-state index in [1.807, 2.05) is 12.3 Å². The summed E-state index contributed by atoms with van der Waals surface area (Å²) in [6.45, 7) is 3.51. The third kappa shape index (κ3) is 3.12. The number of carboxylic acid groups (broad SMARTS) is 1. The van der Waals surface area contributed by atoms with Gasteiger partial charge in [0.05, 0.1) is 16.4 Å². The van der Waals surface area contributed by atoms with Crippen molar-refractivity contribution in [3.8, 4) is 0 Å². The third-order valence-electron chi connectivity index (χ3n) is 2.59. The van der Waals surface area contributed by atoms with Crippen LogP contribution in [0.4, 0.5) is 5.69 Å². The molecule has 0 saturated heterocycles. The van der Waals surface area contributed by atoms with Gasteiger partial charge in [0.1, 0.15) is 5.56 Å². The van der Waals surface area contributed by atoms with Crippen LogP contribution in [0.15, 0.2) is 17.7 Å². The Hall–Kier alpha value is -2.41. The highest BCUT2D eigenvalue weighted by Gasteiger charge is 2.16. The van der Waals surface area contributed by atoms with Crippen LogP contribution >= 0.6 is 11.3 Å². The van der Waals surface area contributed by atoms with Crippen LogP contribution in [0.1, 0.15) is 26.8 Å². The zero-order valence-corrected chi connectivity index (χ0v) is 11.7. The molecule has 20 heavy (non-hydrogen) atoms. The number of amides is 1. The molecule has 0 fully saturated rings. The van der Waals surface area contributed by atoms with Gasteiger partial charge in [-0.25, -0.2) is 9.78 Å². The van der Waals surface area contributed by atoms with E-state index in [1.54, 1.807) is 13.0 Å². The summed E-state index contributed by atoms with van der Waals surface area (Å²) in [4.78, 5) is 29.8. The average Bonchev–Trinajstić information content (AvgIpc) is 2.93. The van der Waals surface area contributed by atoms with Crippen LogP contribution < -0.4 is 5.32 Å². The number of hydrogen-bond acceptors (Lipinski definition) is 4. The Morgan fingerprint density at radius 1 is 1.45 bits per heavy atom.